The number of nitrogens with zero attached hydrogens (tertiary/aromatic N) is 2. The third-order valence-corrected chi connectivity index (χ3v) is 3.17. The van der Waals surface area contributed by atoms with E-state index in [-0.39, 0.29) is 17.9 Å². The van der Waals surface area contributed by atoms with Gasteiger partial charge in [0.15, 0.2) is 12.4 Å². The molecule has 0 radical (unpaired) electrons. The van der Waals surface area contributed by atoms with Gasteiger partial charge in [0.2, 0.25) is 5.89 Å². The highest BCUT2D eigenvalue weighted by Crippen LogP contribution is 2.19. The van der Waals surface area contributed by atoms with Gasteiger partial charge in [0, 0.05) is 18.4 Å². The lowest BCUT2D eigenvalue weighted by Crippen LogP contribution is -2.30. The van der Waals surface area contributed by atoms with Crippen LogP contribution in [-0.4, -0.2) is 29.2 Å². The van der Waals surface area contributed by atoms with Crippen molar-refractivity contribution in [1.29, 1.82) is 0 Å². The molecule has 1 heterocycles. The molecule has 0 unspecified atom stereocenters. The standard InChI is InChI=1S/C17H23N3O3/c1-12-5-7-13(8-6-12)22-11-15(21)18-10-9-14-19-16(23-20-14)17(2,3)4/h5-8H,9-11H2,1-4H3,(H,18,21). The highest BCUT2D eigenvalue weighted by Gasteiger charge is 2.21. The van der Waals surface area contributed by atoms with Gasteiger partial charge in [-0.3, -0.25) is 4.79 Å². The predicted molar refractivity (Wildman–Crippen MR) is 86.4 cm³/mol. The van der Waals surface area contributed by atoms with Gasteiger partial charge < -0.3 is 14.6 Å². The Balaban J connectivity index is 1.70. The van der Waals surface area contributed by atoms with E-state index >= 15 is 0 Å². The van der Waals surface area contributed by atoms with Gasteiger partial charge in [-0.1, -0.05) is 43.6 Å². The van der Waals surface area contributed by atoms with Crippen molar-refractivity contribution in [2.45, 2.75) is 39.5 Å². The maximum absolute atomic E-state index is 11.7. The van der Waals surface area contributed by atoms with Crippen molar-refractivity contribution in [3.8, 4) is 5.75 Å². The van der Waals surface area contributed by atoms with Gasteiger partial charge in [-0.25, -0.2) is 0 Å². The Hall–Kier alpha value is -2.37. The van der Waals surface area contributed by atoms with Crippen LogP contribution in [-0.2, 0) is 16.6 Å². The van der Waals surface area contributed by atoms with Crippen LogP contribution in [0.2, 0.25) is 0 Å². The third-order valence-electron chi connectivity index (χ3n) is 3.17. The van der Waals surface area contributed by atoms with Crippen LogP contribution in [0, 0.1) is 6.92 Å². The molecule has 0 aliphatic rings. The SMILES string of the molecule is Cc1ccc(OCC(=O)NCCc2noc(C(C)(C)C)n2)cc1. The van der Waals surface area contributed by atoms with Crippen molar-refractivity contribution in [2.24, 2.45) is 0 Å². The molecule has 1 N–H and O–H groups in total. The first-order valence-corrected chi connectivity index (χ1v) is 7.64. The van der Waals surface area contributed by atoms with E-state index in [9.17, 15) is 4.79 Å². The van der Waals surface area contributed by atoms with Crippen LogP contribution in [0.4, 0.5) is 0 Å². The zero-order valence-electron chi connectivity index (χ0n) is 14.0. The maximum Gasteiger partial charge on any atom is 0.257 e. The highest BCUT2D eigenvalue weighted by atomic mass is 16.5. The second-order valence-electron chi connectivity index (χ2n) is 6.47. The number of nitrogens with one attached hydrogen (secondary N) is 1. The molecule has 1 aromatic carbocycles. The van der Waals surface area contributed by atoms with E-state index in [1.54, 1.807) is 0 Å². The largest absolute Gasteiger partial charge is 0.484 e. The number of hydrogen-bond donors (Lipinski definition) is 1. The van der Waals surface area contributed by atoms with Gasteiger partial charge in [0.05, 0.1) is 0 Å². The normalized spacial score (nSPS) is 11.3. The second kappa shape index (κ2) is 7.26. The van der Waals surface area contributed by atoms with Crippen molar-refractivity contribution >= 4 is 5.91 Å². The average molecular weight is 317 g/mol. The average Bonchev–Trinajstić information content (AvgIpc) is 2.96. The minimum atomic E-state index is -0.176. The minimum Gasteiger partial charge on any atom is -0.484 e. The van der Waals surface area contributed by atoms with Crippen molar-refractivity contribution in [2.75, 3.05) is 13.2 Å². The van der Waals surface area contributed by atoms with Gasteiger partial charge in [-0.05, 0) is 19.1 Å². The fourth-order valence-electron chi connectivity index (χ4n) is 1.81. The van der Waals surface area contributed by atoms with Crippen molar-refractivity contribution < 1.29 is 14.1 Å². The molecular formula is C17H23N3O3. The number of aryl methyl sites for hydroxylation is 1. The summed E-state index contributed by atoms with van der Waals surface area (Å²) < 4.78 is 10.6. The van der Waals surface area contributed by atoms with E-state index < -0.39 is 0 Å². The Labute approximate surface area is 136 Å². The Morgan fingerprint density at radius 1 is 1.26 bits per heavy atom. The van der Waals surface area contributed by atoms with E-state index in [0.717, 1.165) is 5.56 Å². The zero-order valence-corrected chi connectivity index (χ0v) is 14.0. The molecule has 23 heavy (non-hydrogen) atoms. The molecule has 0 atom stereocenters. The molecule has 1 amide bonds. The molecule has 6 nitrogen and oxygen atoms in total. The molecule has 2 rings (SSSR count). The molecule has 6 heteroatoms. The van der Waals surface area contributed by atoms with Crippen molar-refractivity contribution in [3.63, 3.8) is 0 Å². The number of benzene rings is 1. The van der Waals surface area contributed by atoms with Gasteiger partial charge in [-0.15, -0.1) is 0 Å². The molecule has 0 saturated carbocycles. The minimum absolute atomic E-state index is 0.0114. The van der Waals surface area contributed by atoms with Crippen LogP contribution in [0.1, 0.15) is 38.0 Å². The van der Waals surface area contributed by atoms with E-state index in [1.807, 2.05) is 52.0 Å². The Morgan fingerprint density at radius 3 is 2.57 bits per heavy atom. The fourth-order valence-corrected chi connectivity index (χ4v) is 1.81. The lowest BCUT2D eigenvalue weighted by molar-refractivity contribution is -0.123. The summed E-state index contributed by atoms with van der Waals surface area (Å²) in [5.41, 5.74) is 0.979. The van der Waals surface area contributed by atoms with Gasteiger partial charge >= 0.3 is 0 Å². The lowest BCUT2D eigenvalue weighted by Gasteiger charge is -2.10. The van der Waals surface area contributed by atoms with E-state index in [2.05, 4.69) is 15.5 Å². The number of carbonyl (C=O) groups excluding carboxylic acids is 1. The molecular weight excluding hydrogens is 294 g/mol. The van der Waals surface area contributed by atoms with Gasteiger partial charge in [0.1, 0.15) is 5.75 Å². The molecule has 0 aliphatic heterocycles. The number of carbonyl (C=O) groups is 1. The van der Waals surface area contributed by atoms with Crippen LogP contribution in [0.3, 0.4) is 0 Å². The first kappa shape index (κ1) is 17.0. The Bertz CT molecular complexity index is 642. The number of rotatable bonds is 6. The topological polar surface area (TPSA) is 77.2 Å². The summed E-state index contributed by atoms with van der Waals surface area (Å²) in [7, 11) is 0. The van der Waals surface area contributed by atoms with Crippen LogP contribution in [0.25, 0.3) is 0 Å². The van der Waals surface area contributed by atoms with E-state index in [1.165, 1.54) is 0 Å². The second-order valence-corrected chi connectivity index (χ2v) is 6.47. The van der Waals surface area contributed by atoms with Gasteiger partial charge in [-0.2, -0.15) is 4.98 Å². The molecule has 124 valence electrons. The number of ether oxygens (including phenoxy) is 1. The summed E-state index contributed by atoms with van der Waals surface area (Å²) in [6, 6.07) is 7.57. The summed E-state index contributed by atoms with van der Waals surface area (Å²) in [5.74, 6) is 1.69. The molecule has 0 fully saturated rings. The van der Waals surface area contributed by atoms with Crippen LogP contribution in [0.5, 0.6) is 5.75 Å². The summed E-state index contributed by atoms with van der Waals surface area (Å²) in [5, 5.41) is 6.69. The van der Waals surface area contributed by atoms with Crippen molar-refractivity contribution in [3.05, 3.63) is 41.5 Å². The first-order valence-electron chi connectivity index (χ1n) is 7.64. The summed E-state index contributed by atoms with van der Waals surface area (Å²) in [4.78, 5) is 16.1. The summed E-state index contributed by atoms with van der Waals surface area (Å²) >= 11 is 0. The number of aromatic nitrogens is 2. The molecule has 0 bridgehead atoms. The molecule has 0 spiro atoms. The lowest BCUT2D eigenvalue weighted by atomic mass is 9.97. The van der Waals surface area contributed by atoms with Crippen LogP contribution in [0.15, 0.2) is 28.8 Å². The first-order chi connectivity index (χ1) is 10.8. The fraction of sp³-hybridized carbons (Fsp3) is 0.471. The van der Waals surface area contributed by atoms with Crippen LogP contribution >= 0.6 is 0 Å². The quantitative estimate of drug-likeness (QED) is 0.885. The molecule has 0 aliphatic carbocycles. The van der Waals surface area contributed by atoms with Crippen molar-refractivity contribution in [1.82, 2.24) is 15.5 Å². The Kier molecular flexibility index (Phi) is 5.36. The maximum atomic E-state index is 11.7. The predicted octanol–water partition coefficient (Wildman–Crippen LogP) is 2.41. The smallest absolute Gasteiger partial charge is 0.257 e. The zero-order chi connectivity index (χ0) is 16.9. The molecule has 2 aromatic rings. The number of amides is 1. The summed E-state index contributed by atoms with van der Waals surface area (Å²) in [6.07, 6.45) is 0.524. The summed E-state index contributed by atoms with van der Waals surface area (Å²) in [6.45, 7) is 8.46. The Morgan fingerprint density at radius 2 is 1.96 bits per heavy atom. The molecule has 1 aromatic heterocycles. The van der Waals surface area contributed by atoms with E-state index in [4.69, 9.17) is 9.26 Å². The van der Waals surface area contributed by atoms with Crippen LogP contribution < -0.4 is 10.1 Å². The highest BCUT2D eigenvalue weighted by molar-refractivity contribution is 5.77. The molecule has 0 saturated heterocycles. The number of hydrogen-bond acceptors (Lipinski definition) is 5. The van der Waals surface area contributed by atoms with Gasteiger partial charge in [0.25, 0.3) is 5.91 Å². The third kappa shape index (κ3) is 5.39. The van der Waals surface area contributed by atoms with E-state index in [0.29, 0.717) is 30.4 Å². The monoisotopic (exact) mass is 317 g/mol.